The Bertz CT molecular complexity index is 796. The third-order valence-corrected chi connectivity index (χ3v) is 3.12. The Kier molecular flexibility index (Phi) is 3.65. The normalized spacial score (nSPS) is 10.5. The van der Waals surface area contributed by atoms with Crippen LogP contribution in [0.25, 0.3) is 11.3 Å². The molecule has 0 aliphatic heterocycles. The number of carbonyl (C=O) groups is 1. The van der Waals surface area contributed by atoms with Crippen molar-refractivity contribution in [2.24, 2.45) is 0 Å². The molecule has 0 fully saturated rings. The second kappa shape index (κ2) is 5.77. The first kappa shape index (κ1) is 13.9. The van der Waals surface area contributed by atoms with E-state index in [-0.39, 0.29) is 0 Å². The lowest BCUT2D eigenvalue weighted by atomic mass is 10.1. The molecule has 0 spiro atoms. The van der Waals surface area contributed by atoms with Crippen LogP contribution in [0.1, 0.15) is 10.4 Å². The predicted octanol–water partition coefficient (Wildman–Crippen LogP) is 3.61. The molecule has 1 amide bonds. The summed E-state index contributed by atoms with van der Waals surface area (Å²) in [4.78, 5) is 12.0. The Hall–Kier alpha value is -3.02. The highest BCUT2D eigenvalue weighted by Gasteiger charge is 2.17. The van der Waals surface area contributed by atoms with Gasteiger partial charge in [-0.05, 0) is 30.3 Å². The summed E-state index contributed by atoms with van der Waals surface area (Å²) in [5, 5.41) is 9.14. The van der Waals surface area contributed by atoms with Crippen LogP contribution >= 0.6 is 0 Å². The molecule has 1 aromatic heterocycles. The molecule has 0 unspecified atom stereocenters. The summed E-state index contributed by atoms with van der Waals surface area (Å²) in [6.45, 7) is 0. The molecule has 0 atom stereocenters. The van der Waals surface area contributed by atoms with Gasteiger partial charge in [0.1, 0.15) is 17.2 Å². The summed E-state index contributed by atoms with van der Waals surface area (Å²) < 4.78 is 27.2. The average molecular weight is 299 g/mol. The van der Waals surface area contributed by atoms with E-state index in [4.69, 9.17) is 0 Å². The van der Waals surface area contributed by atoms with Gasteiger partial charge in [-0.25, -0.2) is 8.78 Å². The van der Waals surface area contributed by atoms with Crippen molar-refractivity contribution in [3.8, 4) is 11.3 Å². The predicted molar refractivity (Wildman–Crippen MR) is 78.3 cm³/mol. The van der Waals surface area contributed by atoms with E-state index in [1.165, 1.54) is 6.07 Å². The molecule has 110 valence electrons. The van der Waals surface area contributed by atoms with Crippen molar-refractivity contribution in [1.82, 2.24) is 10.2 Å². The average Bonchev–Trinajstić information content (AvgIpc) is 3.01. The molecule has 0 saturated heterocycles. The Labute approximate surface area is 124 Å². The molecule has 2 aromatic carbocycles. The van der Waals surface area contributed by atoms with Gasteiger partial charge < -0.3 is 5.32 Å². The van der Waals surface area contributed by atoms with Crippen LogP contribution in [-0.2, 0) is 0 Å². The number of rotatable bonds is 3. The molecule has 0 aliphatic rings. The number of nitrogens with one attached hydrogen (secondary N) is 2. The quantitative estimate of drug-likeness (QED) is 0.776. The lowest BCUT2D eigenvalue weighted by molar-refractivity contribution is 0.101. The fourth-order valence-corrected chi connectivity index (χ4v) is 2.09. The number of benzene rings is 2. The highest BCUT2D eigenvalue weighted by Crippen LogP contribution is 2.21. The van der Waals surface area contributed by atoms with Crippen molar-refractivity contribution in [1.29, 1.82) is 0 Å². The van der Waals surface area contributed by atoms with Gasteiger partial charge in [0.05, 0.1) is 5.69 Å². The molecule has 22 heavy (non-hydrogen) atoms. The van der Waals surface area contributed by atoms with E-state index in [0.29, 0.717) is 5.69 Å². The van der Waals surface area contributed by atoms with Gasteiger partial charge in [0, 0.05) is 17.4 Å². The summed E-state index contributed by atoms with van der Waals surface area (Å²) in [5.74, 6) is -2.64. The van der Waals surface area contributed by atoms with Crippen molar-refractivity contribution < 1.29 is 13.6 Å². The van der Waals surface area contributed by atoms with Gasteiger partial charge >= 0.3 is 0 Å². The van der Waals surface area contributed by atoms with E-state index in [9.17, 15) is 13.6 Å². The van der Waals surface area contributed by atoms with E-state index in [1.807, 2.05) is 6.07 Å². The minimum Gasteiger partial charge on any atom is -0.322 e. The highest BCUT2D eigenvalue weighted by molar-refractivity contribution is 6.04. The maximum Gasteiger partial charge on any atom is 0.261 e. The molecule has 3 rings (SSSR count). The van der Waals surface area contributed by atoms with Gasteiger partial charge in [0.25, 0.3) is 5.91 Å². The molecule has 4 nitrogen and oxygen atoms in total. The summed E-state index contributed by atoms with van der Waals surface area (Å²) in [7, 11) is 0. The van der Waals surface area contributed by atoms with Gasteiger partial charge in [0.2, 0.25) is 0 Å². The molecule has 2 N–H and O–H groups in total. The number of nitrogens with zero attached hydrogens (tertiary/aromatic N) is 1. The van der Waals surface area contributed by atoms with E-state index >= 15 is 0 Å². The van der Waals surface area contributed by atoms with E-state index in [0.717, 1.165) is 23.4 Å². The van der Waals surface area contributed by atoms with Crippen LogP contribution < -0.4 is 5.32 Å². The number of hydrogen-bond donors (Lipinski definition) is 2. The Balaban J connectivity index is 1.87. The third-order valence-electron chi connectivity index (χ3n) is 3.12. The van der Waals surface area contributed by atoms with Crippen molar-refractivity contribution in [2.45, 2.75) is 0 Å². The number of aromatic nitrogens is 2. The van der Waals surface area contributed by atoms with Crippen LogP contribution in [0.4, 0.5) is 14.5 Å². The maximum absolute atomic E-state index is 13.6. The lowest BCUT2D eigenvalue weighted by Crippen LogP contribution is -2.15. The SMILES string of the molecule is O=C(Nc1cccc(-c2ccn[nH]2)c1)c1c(F)cccc1F. The van der Waals surface area contributed by atoms with Crippen LogP contribution in [0.3, 0.4) is 0 Å². The summed E-state index contributed by atoms with van der Waals surface area (Å²) in [5.41, 5.74) is 1.40. The van der Waals surface area contributed by atoms with Gasteiger partial charge in [-0.1, -0.05) is 18.2 Å². The number of anilines is 1. The largest absolute Gasteiger partial charge is 0.322 e. The molecule has 3 aromatic rings. The van der Waals surface area contributed by atoms with Crippen LogP contribution in [0.15, 0.2) is 54.7 Å². The minimum atomic E-state index is -0.901. The first-order chi connectivity index (χ1) is 10.6. The zero-order valence-corrected chi connectivity index (χ0v) is 11.3. The monoisotopic (exact) mass is 299 g/mol. The smallest absolute Gasteiger partial charge is 0.261 e. The number of H-pyrrole nitrogens is 1. The minimum absolute atomic E-state index is 0.430. The number of halogens is 2. The maximum atomic E-state index is 13.6. The zero-order chi connectivity index (χ0) is 15.5. The molecule has 0 bridgehead atoms. The Morgan fingerprint density at radius 2 is 1.77 bits per heavy atom. The van der Waals surface area contributed by atoms with Crippen molar-refractivity contribution in [3.05, 3.63) is 71.9 Å². The van der Waals surface area contributed by atoms with Crippen molar-refractivity contribution in [3.63, 3.8) is 0 Å². The fourth-order valence-electron chi connectivity index (χ4n) is 2.09. The number of carbonyl (C=O) groups excluding carboxylic acids is 1. The standard InChI is InChI=1S/C16H11F2N3O/c17-12-5-2-6-13(18)15(12)16(22)20-11-4-1-3-10(9-11)14-7-8-19-21-14/h1-9H,(H,19,21)(H,20,22). The summed E-state index contributed by atoms with van der Waals surface area (Å²) in [6, 6.07) is 11.9. The van der Waals surface area contributed by atoms with Gasteiger partial charge in [-0.15, -0.1) is 0 Å². The van der Waals surface area contributed by atoms with E-state index in [2.05, 4.69) is 15.5 Å². The molecule has 1 heterocycles. The number of amides is 1. The fraction of sp³-hybridized carbons (Fsp3) is 0. The second-order valence-corrected chi connectivity index (χ2v) is 4.60. The number of aromatic amines is 1. The Morgan fingerprint density at radius 3 is 2.45 bits per heavy atom. The highest BCUT2D eigenvalue weighted by atomic mass is 19.1. The molecule has 0 radical (unpaired) electrons. The van der Waals surface area contributed by atoms with Gasteiger partial charge in [-0.2, -0.15) is 5.10 Å². The van der Waals surface area contributed by atoms with Gasteiger partial charge in [-0.3, -0.25) is 9.89 Å². The molecule has 6 heteroatoms. The van der Waals surface area contributed by atoms with Crippen LogP contribution in [0.2, 0.25) is 0 Å². The summed E-state index contributed by atoms with van der Waals surface area (Å²) in [6.07, 6.45) is 1.61. The molecular formula is C16H11F2N3O. The van der Waals surface area contributed by atoms with Crippen molar-refractivity contribution >= 4 is 11.6 Å². The third kappa shape index (κ3) is 2.71. The van der Waals surface area contributed by atoms with Crippen molar-refractivity contribution in [2.75, 3.05) is 5.32 Å². The van der Waals surface area contributed by atoms with Gasteiger partial charge in [0.15, 0.2) is 0 Å². The molecular weight excluding hydrogens is 288 g/mol. The first-order valence-corrected chi connectivity index (χ1v) is 6.50. The van der Waals surface area contributed by atoms with Crippen LogP contribution in [0, 0.1) is 11.6 Å². The molecule has 0 aliphatic carbocycles. The second-order valence-electron chi connectivity index (χ2n) is 4.60. The zero-order valence-electron chi connectivity index (χ0n) is 11.3. The first-order valence-electron chi connectivity index (χ1n) is 6.50. The topological polar surface area (TPSA) is 57.8 Å². The Morgan fingerprint density at radius 1 is 1.05 bits per heavy atom. The van der Waals surface area contributed by atoms with E-state index in [1.54, 1.807) is 30.5 Å². The van der Waals surface area contributed by atoms with E-state index < -0.39 is 23.1 Å². The summed E-state index contributed by atoms with van der Waals surface area (Å²) >= 11 is 0. The van der Waals surface area contributed by atoms with Crippen LogP contribution in [0.5, 0.6) is 0 Å². The molecule has 0 saturated carbocycles. The number of hydrogen-bond acceptors (Lipinski definition) is 2. The van der Waals surface area contributed by atoms with Crippen LogP contribution in [-0.4, -0.2) is 16.1 Å². The lowest BCUT2D eigenvalue weighted by Gasteiger charge is -2.08.